The number of rotatable bonds is 3. The van der Waals surface area contributed by atoms with E-state index in [2.05, 4.69) is 31.2 Å². The maximum Gasteiger partial charge on any atom is 0.253 e. The van der Waals surface area contributed by atoms with Gasteiger partial charge in [-0.05, 0) is 59.3 Å². The fourth-order valence-electron chi connectivity index (χ4n) is 2.30. The summed E-state index contributed by atoms with van der Waals surface area (Å²) in [6, 6.07) is 12.7. The van der Waals surface area contributed by atoms with Crippen molar-refractivity contribution in [3.8, 4) is 0 Å². The summed E-state index contributed by atoms with van der Waals surface area (Å²) < 4.78 is 0.740. The van der Waals surface area contributed by atoms with Gasteiger partial charge in [0.15, 0.2) is 0 Å². The largest absolute Gasteiger partial charge is 0.363 e. The van der Waals surface area contributed by atoms with Gasteiger partial charge in [-0.15, -0.1) is 0 Å². The highest BCUT2D eigenvalue weighted by Crippen LogP contribution is 2.21. The van der Waals surface area contributed by atoms with E-state index in [4.69, 9.17) is 11.6 Å². The molecule has 2 heterocycles. The fourth-order valence-corrected chi connectivity index (χ4v) is 2.83. The molecular weight excluding hydrogens is 366 g/mol. The van der Waals surface area contributed by atoms with Gasteiger partial charge in [0.1, 0.15) is 10.4 Å². The number of hydrogen-bond acceptors (Lipinski definition) is 3. The molecule has 0 spiro atoms. The van der Waals surface area contributed by atoms with Crippen molar-refractivity contribution in [1.82, 2.24) is 9.97 Å². The zero-order valence-electron chi connectivity index (χ0n) is 11.7. The lowest BCUT2D eigenvalue weighted by molar-refractivity contribution is 0.856. The molecule has 0 saturated carbocycles. The average Bonchev–Trinajstić information content (AvgIpc) is 2.47. The Kier molecular flexibility index (Phi) is 4.18. The number of nitrogens with one attached hydrogen (secondary N) is 2. The molecule has 0 aliphatic carbocycles. The zero-order chi connectivity index (χ0) is 15.7. The molecule has 3 rings (SSSR count). The summed E-state index contributed by atoms with van der Waals surface area (Å²) in [4.78, 5) is 19.5. The molecule has 2 aromatic heterocycles. The van der Waals surface area contributed by atoms with E-state index in [1.807, 2.05) is 37.3 Å². The predicted molar refractivity (Wildman–Crippen MR) is 93.6 cm³/mol. The standard InChI is InChI=1S/C16H13BrClN3O/c1-9(19-15-4-2-3-14(17)21-15)12-8-10-7-11(18)5-6-13(10)20-16(12)22/h2-9H,1H3,(H,19,21)(H,20,22). The van der Waals surface area contributed by atoms with Gasteiger partial charge in [-0.25, -0.2) is 4.98 Å². The molecule has 2 N–H and O–H groups in total. The van der Waals surface area contributed by atoms with Crippen molar-refractivity contribution in [2.75, 3.05) is 5.32 Å². The lowest BCUT2D eigenvalue weighted by Gasteiger charge is -2.15. The predicted octanol–water partition coefficient (Wildman–Crippen LogP) is 4.51. The van der Waals surface area contributed by atoms with E-state index >= 15 is 0 Å². The Labute approximate surface area is 140 Å². The van der Waals surface area contributed by atoms with Crippen molar-refractivity contribution >= 4 is 44.3 Å². The highest BCUT2D eigenvalue weighted by molar-refractivity contribution is 9.10. The van der Waals surface area contributed by atoms with Gasteiger partial charge in [0.25, 0.3) is 5.56 Å². The van der Waals surface area contributed by atoms with Crippen LogP contribution in [0.4, 0.5) is 5.82 Å². The maximum absolute atomic E-state index is 12.3. The Morgan fingerprint density at radius 2 is 2.09 bits per heavy atom. The number of aromatic nitrogens is 2. The van der Waals surface area contributed by atoms with Gasteiger partial charge in [0.05, 0.1) is 6.04 Å². The molecule has 0 aliphatic rings. The van der Waals surface area contributed by atoms with Crippen LogP contribution in [-0.4, -0.2) is 9.97 Å². The van der Waals surface area contributed by atoms with Crippen molar-refractivity contribution in [2.45, 2.75) is 13.0 Å². The molecule has 0 bridgehead atoms. The molecule has 1 atom stereocenters. The van der Waals surface area contributed by atoms with Crippen LogP contribution in [0.5, 0.6) is 0 Å². The molecular formula is C16H13BrClN3O. The number of H-pyrrole nitrogens is 1. The molecule has 0 aliphatic heterocycles. The number of nitrogens with zero attached hydrogens (tertiary/aromatic N) is 1. The highest BCUT2D eigenvalue weighted by Gasteiger charge is 2.12. The van der Waals surface area contributed by atoms with Crippen molar-refractivity contribution in [1.29, 1.82) is 0 Å². The Hall–Kier alpha value is -1.85. The van der Waals surface area contributed by atoms with Crippen LogP contribution in [0.2, 0.25) is 5.02 Å². The van der Waals surface area contributed by atoms with Crippen LogP contribution in [-0.2, 0) is 0 Å². The molecule has 112 valence electrons. The molecule has 22 heavy (non-hydrogen) atoms. The maximum atomic E-state index is 12.3. The van der Waals surface area contributed by atoms with E-state index in [1.165, 1.54) is 0 Å². The normalized spacial score (nSPS) is 12.3. The molecule has 0 fully saturated rings. The van der Waals surface area contributed by atoms with Crippen molar-refractivity contribution < 1.29 is 0 Å². The fraction of sp³-hybridized carbons (Fsp3) is 0.125. The molecule has 0 saturated heterocycles. The third-order valence-corrected chi connectivity index (χ3v) is 4.06. The lowest BCUT2D eigenvalue weighted by atomic mass is 10.1. The number of pyridine rings is 2. The van der Waals surface area contributed by atoms with Gasteiger partial charge in [0, 0.05) is 21.5 Å². The Morgan fingerprint density at radius 1 is 1.27 bits per heavy atom. The summed E-state index contributed by atoms with van der Waals surface area (Å²) in [5.41, 5.74) is 1.28. The second kappa shape index (κ2) is 6.10. The van der Waals surface area contributed by atoms with Crippen LogP contribution in [0.1, 0.15) is 18.5 Å². The van der Waals surface area contributed by atoms with Crippen molar-refractivity contribution in [2.24, 2.45) is 0 Å². The first-order valence-electron chi connectivity index (χ1n) is 6.74. The minimum absolute atomic E-state index is 0.121. The molecule has 1 unspecified atom stereocenters. The van der Waals surface area contributed by atoms with Crippen molar-refractivity contribution in [3.05, 3.63) is 68.0 Å². The molecule has 4 nitrogen and oxygen atoms in total. The van der Waals surface area contributed by atoms with E-state index in [0.717, 1.165) is 15.5 Å². The smallest absolute Gasteiger partial charge is 0.253 e. The van der Waals surface area contributed by atoms with Crippen LogP contribution in [0.25, 0.3) is 10.9 Å². The monoisotopic (exact) mass is 377 g/mol. The van der Waals surface area contributed by atoms with Gasteiger partial charge < -0.3 is 10.3 Å². The van der Waals surface area contributed by atoms with E-state index in [1.54, 1.807) is 12.1 Å². The lowest BCUT2D eigenvalue weighted by Crippen LogP contribution is -2.19. The number of fused-ring (bicyclic) bond motifs is 1. The number of hydrogen-bond donors (Lipinski definition) is 2. The van der Waals surface area contributed by atoms with Crippen molar-refractivity contribution in [3.63, 3.8) is 0 Å². The Balaban J connectivity index is 1.98. The summed E-state index contributed by atoms with van der Waals surface area (Å²) in [7, 11) is 0. The Morgan fingerprint density at radius 3 is 2.86 bits per heavy atom. The van der Waals surface area contributed by atoms with Crippen LogP contribution < -0.4 is 10.9 Å². The molecule has 6 heteroatoms. The Bertz CT molecular complexity index is 894. The SMILES string of the molecule is CC(Nc1cccc(Br)n1)c1cc2cc(Cl)ccc2[nH]c1=O. The van der Waals surface area contributed by atoms with E-state index in [0.29, 0.717) is 16.4 Å². The van der Waals surface area contributed by atoms with Gasteiger partial charge >= 0.3 is 0 Å². The summed E-state index contributed by atoms with van der Waals surface area (Å²) in [6.45, 7) is 1.92. The second-order valence-corrected chi connectivity index (χ2v) is 6.25. The molecule has 0 radical (unpaired) electrons. The van der Waals surface area contributed by atoms with Crippen LogP contribution in [0, 0.1) is 0 Å². The van der Waals surface area contributed by atoms with Crippen LogP contribution in [0.3, 0.4) is 0 Å². The summed E-state index contributed by atoms with van der Waals surface area (Å²) in [5, 5.41) is 4.76. The number of aromatic amines is 1. The summed E-state index contributed by atoms with van der Waals surface area (Å²) >= 11 is 9.34. The van der Waals surface area contributed by atoms with E-state index in [9.17, 15) is 4.79 Å². The first kappa shape index (κ1) is 15.1. The molecule has 1 aromatic carbocycles. The van der Waals surface area contributed by atoms with Gasteiger partial charge in [-0.2, -0.15) is 0 Å². The average molecular weight is 379 g/mol. The zero-order valence-corrected chi connectivity index (χ0v) is 14.1. The van der Waals surface area contributed by atoms with Gasteiger partial charge in [-0.3, -0.25) is 4.79 Å². The first-order chi connectivity index (χ1) is 10.5. The topological polar surface area (TPSA) is 57.8 Å². The third-order valence-electron chi connectivity index (χ3n) is 3.38. The number of anilines is 1. The van der Waals surface area contributed by atoms with Gasteiger partial charge in [-0.1, -0.05) is 17.7 Å². The summed E-state index contributed by atoms with van der Waals surface area (Å²) in [5.74, 6) is 0.701. The summed E-state index contributed by atoms with van der Waals surface area (Å²) in [6.07, 6.45) is 0. The van der Waals surface area contributed by atoms with Crippen LogP contribution >= 0.6 is 27.5 Å². The number of benzene rings is 1. The highest BCUT2D eigenvalue weighted by atomic mass is 79.9. The van der Waals surface area contributed by atoms with Crippen LogP contribution in [0.15, 0.2) is 51.9 Å². The minimum atomic E-state index is -0.186. The minimum Gasteiger partial charge on any atom is -0.363 e. The molecule has 0 amide bonds. The number of halogens is 2. The first-order valence-corrected chi connectivity index (χ1v) is 7.91. The molecule has 3 aromatic rings. The van der Waals surface area contributed by atoms with E-state index in [-0.39, 0.29) is 11.6 Å². The van der Waals surface area contributed by atoms with Gasteiger partial charge in [0.2, 0.25) is 0 Å². The van der Waals surface area contributed by atoms with E-state index < -0.39 is 0 Å². The second-order valence-electron chi connectivity index (χ2n) is 5.00. The quantitative estimate of drug-likeness (QED) is 0.659. The third kappa shape index (κ3) is 3.15.